The lowest BCUT2D eigenvalue weighted by Gasteiger charge is -2.03. The maximum Gasteiger partial charge on any atom is 0.320 e. The molecule has 0 radical (unpaired) electrons. The van der Waals surface area contributed by atoms with Gasteiger partial charge in [-0.3, -0.25) is 4.79 Å². The Hall–Kier alpha value is -1.34. The minimum absolute atomic E-state index is 0.520. The molecule has 0 fully saturated rings. The van der Waals surface area contributed by atoms with Gasteiger partial charge >= 0.3 is 5.97 Å². The van der Waals surface area contributed by atoms with E-state index in [0.717, 1.165) is 12.8 Å². The molecule has 0 saturated heterocycles. The Morgan fingerprint density at radius 2 is 1.71 bits per heavy atom. The lowest BCUT2D eigenvalue weighted by molar-refractivity contribution is -0.415. The van der Waals surface area contributed by atoms with Gasteiger partial charge in [0.2, 0.25) is 0 Å². The molecular weight excluding hydrogens is 192 g/mol. The van der Waals surface area contributed by atoms with Crippen molar-refractivity contribution < 1.29 is 24.9 Å². The molecule has 0 unspecified atom stereocenters. The standard InChI is InChI=1S/C6H14N2O2.CH2O3/c7-4-2-1-3-5(8)6(9)10;2-1(3)4/h5H,1-4,7-8H2,(H,9,10);(H2,2,3,4)/p-2/t5-;/m0./s1. The highest BCUT2D eigenvalue weighted by molar-refractivity contribution is 5.72. The molecule has 0 amide bonds. The third-order valence-electron chi connectivity index (χ3n) is 1.29. The second-order valence-electron chi connectivity index (χ2n) is 2.48. The highest BCUT2D eigenvalue weighted by Gasteiger charge is 2.09. The Morgan fingerprint density at radius 3 is 2.00 bits per heavy atom. The van der Waals surface area contributed by atoms with E-state index in [0.29, 0.717) is 13.0 Å². The van der Waals surface area contributed by atoms with Crippen molar-refractivity contribution >= 4 is 12.1 Å². The first-order valence-corrected chi connectivity index (χ1v) is 3.98. The number of carbonyl (C=O) groups is 2. The highest BCUT2D eigenvalue weighted by atomic mass is 16.6. The summed E-state index contributed by atoms with van der Waals surface area (Å²) in [4.78, 5) is 18.5. The predicted octanol–water partition coefficient (Wildman–Crippen LogP) is -2.92. The number of unbranched alkanes of at least 4 members (excludes halogenated alkanes) is 1. The zero-order valence-corrected chi connectivity index (χ0v) is 7.64. The monoisotopic (exact) mass is 206 g/mol. The van der Waals surface area contributed by atoms with E-state index in [1.807, 2.05) is 0 Å². The molecule has 0 saturated carbocycles. The van der Waals surface area contributed by atoms with Gasteiger partial charge in [-0.25, -0.2) is 0 Å². The fraction of sp³-hybridized carbons (Fsp3) is 0.714. The summed E-state index contributed by atoms with van der Waals surface area (Å²) in [6.07, 6.45) is -0.169. The van der Waals surface area contributed by atoms with Gasteiger partial charge in [-0.2, -0.15) is 0 Å². The van der Waals surface area contributed by atoms with Crippen LogP contribution in [0.4, 0.5) is 4.79 Å². The fourth-order valence-corrected chi connectivity index (χ4v) is 0.632. The van der Waals surface area contributed by atoms with Gasteiger partial charge in [-0.05, 0) is 25.5 Å². The fourth-order valence-electron chi connectivity index (χ4n) is 0.632. The minimum Gasteiger partial charge on any atom is -0.652 e. The van der Waals surface area contributed by atoms with Crippen LogP contribution in [0.2, 0.25) is 0 Å². The van der Waals surface area contributed by atoms with Gasteiger partial charge in [0.05, 0.1) is 0 Å². The quantitative estimate of drug-likeness (QED) is 0.407. The first-order valence-electron chi connectivity index (χ1n) is 3.98. The van der Waals surface area contributed by atoms with E-state index >= 15 is 0 Å². The minimum atomic E-state index is -2.33. The molecule has 0 aliphatic carbocycles. The van der Waals surface area contributed by atoms with Crippen LogP contribution in [0.5, 0.6) is 0 Å². The molecule has 0 aliphatic rings. The van der Waals surface area contributed by atoms with E-state index in [1.54, 1.807) is 0 Å². The molecule has 14 heavy (non-hydrogen) atoms. The summed E-state index contributed by atoms with van der Waals surface area (Å²) in [5, 5.41) is 25.0. The zero-order valence-electron chi connectivity index (χ0n) is 7.64. The number of hydrogen-bond acceptors (Lipinski definition) is 6. The largest absolute Gasteiger partial charge is 0.652 e. The van der Waals surface area contributed by atoms with Gasteiger partial charge in [0, 0.05) is 0 Å². The Balaban J connectivity index is 0. The molecule has 1 atom stereocenters. The molecule has 0 spiro atoms. The number of hydrogen-bond donors (Lipinski definition) is 3. The molecule has 84 valence electrons. The molecule has 0 aromatic rings. The van der Waals surface area contributed by atoms with Crippen molar-refractivity contribution in [2.75, 3.05) is 6.54 Å². The van der Waals surface area contributed by atoms with Gasteiger partial charge in [0.1, 0.15) is 6.04 Å². The van der Waals surface area contributed by atoms with Gasteiger partial charge in [0.15, 0.2) is 0 Å². The number of carboxylic acid groups (broad SMARTS) is 3. The average molecular weight is 206 g/mol. The van der Waals surface area contributed by atoms with Gasteiger partial charge in [0.25, 0.3) is 0 Å². The van der Waals surface area contributed by atoms with Crippen LogP contribution >= 0.6 is 0 Å². The van der Waals surface area contributed by atoms with Gasteiger partial charge in [-0.1, -0.05) is 6.42 Å². The van der Waals surface area contributed by atoms with Crippen molar-refractivity contribution in [3.8, 4) is 0 Å². The molecule has 0 rings (SSSR count). The molecule has 7 heteroatoms. The molecule has 5 N–H and O–H groups in total. The van der Waals surface area contributed by atoms with E-state index in [-0.39, 0.29) is 0 Å². The highest BCUT2D eigenvalue weighted by Crippen LogP contribution is 1.96. The maximum atomic E-state index is 10.1. The van der Waals surface area contributed by atoms with Crippen molar-refractivity contribution in [3.05, 3.63) is 0 Å². The molecule has 0 heterocycles. The van der Waals surface area contributed by atoms with Crippen LogP contribution in [0.3, 0.4) is 0 Å². The number of carboxylic acids is 1. The first kappa shape index (κ1) is 15.1. The van der Waals surface area contributed by atoms with Crippen molar-refractivity contribution in [1.82, 2.24) is 0 Å². The molecule has 0 bridgehead atoms. The van der Waals surface area contributed by atoms with Crippen LogP contribution in [0, 0.1) is 0 Å². The van der Waals surface area contributed by atoms with E-state index in [2.05, 4.69) is 0 Å². The Labute approximate surface area is 81.3 Å². The Kier molecular flexibility index (Phi) is 10.5. The van der Waals surface area contributed by atoms with E-state index in [9.17, 15) is 4.79 Å². The smallest absolute Gasteiger partial charge is 0.320 e. The Morgan fingerprint density at radius 1 is 1.29 bits per heavy atom. The first-order chi connectivity index (χ1) is 6.41. The summed E-state index contributed by atoms with van der Waals surface area (Å²) in [5.41, 5.74) is 10.4. The molecular formula is C7H14N2O5-2. The van der Waals surface area contributed by atoms with Crippen LogP contribution in [-0.2, 0) is 4.79 Å². The molecule has 7 nitrogen and oxygen atoms in total. The van der Waals surface area contributed by atoms with Crippen LogP contribution < -0.4 is 21.7 Å². The van der Waals surface area contributed by atoms with E-state index in [4.69, 9.17) is 31.6 Å². The lowest BCUT2D eigenvalue weighted by Crippen LogP contribution is -2.37. The van der Waals surface area contributed by atoms with Crippen molar-refractivity contribution in [3.63, 3.8) is 0 Å². The summed E-state index contributed by atoms with van der Waals surface area (Å²) in [5.74, 6) is -0.933. The van der Waals surface area contributed by atoms with Crippen LogP contribution in [0.1, 0.15) is 19.3 Å². The van der Waals surface area contributed by atoms with Crippen molar-refractivity contribution in [2.24, 2.45) is 11.5 Å². The third kappa shape index (κ3) is 17.0. The second-order valence-corrected chi connectivity index (χ2v) is 2.48. The van der Waals surface area contributed by atoms with Crippen LogP contribution in [-0.4, -0.2) is 29.8 Å². The van der Waals surface area contributed by atoms with Crippen LogP contribution in [0.25, 0.3) is 0 Å². The molecule has 0 aromatic carbocycles. The second kappa shape index (κ2) is 9.75. The van der Waals surface area contributed by atoms with Gasteiger partial charge < -0.3 is 31.6 Å². The predicted molar refractivity (Wildman–Crippen MR) is 43.9 cm³/mol. The Bertz CT molecular complexity index is 169. The summed E-state index contributed by atoms with van der Waals surface area (Å²) >= 11 is 0. The average Bonchev–Trinajstić information content (AvgIpc) is 2.03. The number of nitrogens with two attached hydrogens (primary N) is 2. The van der Waals surface area contributed by atoms with Gasteiger partial charge in [-0.15, -0.1) is 0 Å². The number of rotatable bonds is 5. The number of carbonyl (C=O) groups excluding carboxylic acids is 1. The summed E-state index contributed by atoms with van der Waals surface area (Å²) in [6.45, 7) is 0.604. The SMILES string of the molecule is NCCCC[C@H](N)C(=O)O.O=C([O-])[O-]. The summed E-state index contributed by atoms with van der Waals surface area (Å²) in [7, 11) is 0. The lowest BCUT2D eigenvalue weighted by atomic mass is 10.1. The normalized spacial score (nSPS) is 11.0. The topological polar surface area (TPSA) is 153 Å². The number of aliphatic carboxylic acids is 1. The van der Waals surface area contributed by atoms with E-state index in [1.165, 1.54) is 0 Å². The van der Waals surface area contributed by atoms with Crippen molar-refractivity contribution in [2.45, 2.75) is 25.3 Å². The summed E-state index contributed by atoms with van der Waals surface area (Å²) in [6, 6.07) is -0.716. The summed E-state index contributed by atoms with van der Waals surface area (Å²) < 4.78 is 0. The van der Waals surface area contributed by atoms with Crippen molar-refractivity contribution in [1.29, 1.82) is 0 Å². The molecule has 0 aliphatic heterocycles. The third-order valence-corrected chi connectivity index (χ3v) is 1.29. The van der Waals surface area contributed by atoms with Crippen LogP contribution in [0.15, 0.2) is 0 Å². The zero-order chi connectivity index (χ0) is 11.6. The van der Waals surface area contributed by atoms with E-state index < -0.39 is 18.2 Å². The molecule has 0 aromatic heterocycles. The maximum absolute atomic E-state index is 10.1.